The molecule has 2 aromatic heterocycles. The van der Waals surface area contributed by atoms with Crippen molar-refractivity contribution in [2.24, 2.45) is 0 Å². The van der Waals surface area contributed by atoms with E-state index >= 15 is 0 Å². The number of esters is 1. The van der Waals surface area contributed by atoms with Gasteiger partial charge in [-0.1, -0.05) is 11.6 Å². The molecule has 0 N–H and O–H groups in total. The normalized spacial score (nSPS) is 14.7. The highest BCUT2D eigenvalue weighted by Crippen LogP contribution is 2.33. The number of hydrogen-bond donors (Lipinski definition) is 0. The molecule has 0 bridgehead atoms. The minimum Gasteiger partial charge on any atom is -0.465 e. The second-order valence-corrected chi connectivity index (χ2v) is 6.63. The first-order valence-electron chi connectivity index (χ1n) is 8.51. The van der Waals surface area contributed by atoms with Gasteiger partial charge in [0.2, 0.25) is 0 Å². The Balaban J connectivity index is 1.72. The maximum Gasteiger partial charge on any atom is 0.417 e. The molecular weight excluding hydrogens is 413 g/mol. The molecule has 1 amide bonds. The van der Waals surface area contributed by atoms with Crippen molar-refractivity contribution in [3.63, 3.8) is 0 Å². The summed E-state index contributed by atoms with van der Waals surface area (Å²) in [5, 5.41) is -0.111. The van der Waals surface area contributed by atoms with Gasteiger partial charge in [-0.2, -0.15) is 13.2 Å². The molecule has 3 heterocycles. The second kappa shape index (κ2) is 8.24. The number of nitrogens with zero attached hydrogens (tertiary/aromatic N) is 4. The molecule has 1 saturated heterocycles. The number of pyridine rings is 2. The average molecular weight is 429 g/mol. The first-order valence-corrected chi connectivity index (χ1v) is 8.89. The van der Waals surface area contributed by atoms with Gasteiger partial charge in [-0.05, 0) is 12.1 Å². The van der Waals surface area contributed by atoms with Crippen molar-refractivity contribution in [3.8, 4) is 0 Å². The third kappa shape index (κ3) is 4.42. The summed E-state index contributed by atoms with van der Waals surface area (Å²) < 4.78 is 43.0. The van der Waals surface area contributed by atoms with Crippen molar-refractivity contribution in [1.82, 2.24) is 14.9 Å². The molecule has 0 saturated carbocycles. The van der Waals surface area contributed by atoms with Gasteiger partial charge in [-0.15, -0.1) is 0 Å². The monoisotopic (exact) mass is 428 g/mol. The number of amides is 1. The average Bonchev–Trinajstić information content (AvgIpc) is 2.72. The quantitative estimate of drug-likeness (QED) is 0.700. The third-order valence-corrected chi connectivity index (χ3v) is 4.75. The number of hydrogen-bond acceptors (Lipinski definition) is 6. The lowest BCUT2D eigenvalue weighted by molar-refractivity contribution is -0.137. The number of halogens is 4. The zero-order chi connectivity index (χ0) is 21.2. The third-order valence-electron chi connectivity index (χ3n) is 4.47. The summed E-state index contributed by atoms with van der Waals surface area (Å²) in [7, 11) is 1.22. The van der Waals surface area contributed by atoms with E-state index in [1.54, 1.807) is 4.90 Å². The molecular formula is C18H16ClF3N4O3. The van der Waals surface area contributed by atoms with Crippen LogP contribution in [0.2, 0.25) is 5.02 Å². The van der Waals surface area contributed by atoms with Crippen LogP contribution >= 0.6 is 11.6 Å². The first kappa shape index (κ1) is 20.8. The molecule has 11 heteroatoms. The fourth-order valence-corrected chi connectivity index (χ4v) is 3.25. The van der Waals surface area contributed by atoms with E-state index in [0.29, 0.717) is 13.1 Å². The Morgan fingerprint density at radius 3 is 2.41 bits per heavy atom. The molecule has 154 valence electrons. The Kier molecular flexibility index (Phi) is 5.92. The van der Waals surface area contributed by atoms with Crippen molar-refractivity contribution >= 4 is 29.3 Å². The highest BCUT2D eigenvalue weighted by atomic mass is 35.5. The van der Waals surface area contributed by atoms with Crippen LogP contribution in [0.4, 0.5) is 19.0 Å². The van der Waals surface area contributed by atoms with E-state index in [-0.39, 0.29) is 41.0 Å². The molecule has 7 nitrogen and oxygen atoms in total. The van der Waals surface area contributed by atoms with Crippen molar-refractivity contribution < 1.29 is 27.5 Å². The van der Waals surface area contributed by atoms with Crippen LogP contribution in [-0.2, 0) is 10.9 Å². The fraction of sp³-hybridized carbons (Fsp3) is 0.333. The molecule has 3 rings (SSSR count). The van der Waals surface area contributed by atoms with Gasteiger partial charge in [0.25, 0.3) is 5.91 Å². The lowest BCUT2D eigenvalue weighted by Crippen LogP contribution is -2.49. The fourth-order valence-electron chi connectivity index (χ4n) is 2.96. The maximum absolute atomic E-state index is 12.8. The number of methoxy groups -OCH3 is 1. The molecule has 1 aliphatic rings. The van der Waals surface area contributed by atoms with Crippen LogP contribution in [-0.4, -0.2) is 60.0 Å². The largest absolute Gasteiger partial charge is 0.465 e. The number of carbonyl (C=O) groups excluding carboxylic acids is 2. The maximum atomic E-state index is 12.8. The van der Waals surface area contributed by atoms with Crippen molar-refractivity contribution in [2.75, 3.05) is 38.2 Å². The number of aromatic nitrogens is 2. The van der Waals surface area contributed by atoms with Crippen molar-refractivity contribution in [1.29, 1.82) is 0 Å². The predicted molar refractivity (Wildman–Crippen MR) is 97.9 cm³/mol. The summed E-state index contributed by atoms with van der Waals surface area (Å²) in [4.78, 5) is 35.6. The SMILES string of the molecule is COC(=O)c1ccncc1C(=O)N1CCN(c2ncc(C(F)(F)F)cc2Cl)CC1. The van der Waals surface area contributed by atoms with Gasteiger partial charge >= 0.3 is 12.1 Å². The summed E-state index contributed by atoms with van der Waals surface area (Å²) in [6.45, 7) is 1.18. The number of anilines is 1. The zero-order valence-electron chi connectivity index (χ0n) is 15.2. The Bertz CT molecular complexity index is 931. The predicted octanol–water partition coefficient (Wildman–Crippen LogP) is 2.90. The van der Waals surface area contributed by atoms with Crippen LogP contribution < -0.4 is 4.90 Å². The number of rotatable bonds is 3. The highest BCUT2D eigenvalue weighted by Gasteiger charge is 2.33. The van der Waals surface area contributed by atoms with Gasteiger partial charge in [0.15, 0.2) is 0 Å². The lowest BCUT2D eigenvalue weighted by atomic mass is 10.1. The van der Waals surface area contributed by atoms with E-state index in [2.05, 4.69) is 14.7 Å². The van der Waals surface area contributed by atoms with Gasteiger partial charge < -0.3 is 14.5 Å². The topological polar surface area (TPSA) is 75.6 Å². The van der Waals surface area contributed by atoms with Gasteiger partial charge in [0, 0.05) is 44.8 Å². The van der Waals surface area contributed by atoms with Crippen molar-refractivity contribution in [3.05, 3.63) is 52.4 Å². The molecule has 0 aliphatic carbocycles. The van der Waals surface area contributed by atoms with Crippen LogP contribution in [0.3, 0.4) is 0 Å². The van der Waals surface area contributed by atoms with Crippen LogP contribution in [0.15, 0.2) is 30.7 Å². The lowest BCUT2D eigenvalue weighted by Gasteiger charge is -2.36. The van der Waals surface area contributed by atoms with E-state index in [1.165, 1.54) is 30.5 Å². The minimum atomic E-state index is -4.53. The van der Waals surface area contributed by atoms with Gasteiger partial charge in [-0.25, -0.2) is 9.78 Å². The number of alkyl halides is 3. The second-order valence-electron chi connectivity index (χ2n) is 6.22. The summed E-state index contributed by atoms with van der Waals surface area (Å²) >= 11 is 5.99. The van der Waals surface area contributed by atoms with Crippen LogP contribution in [0.25, 0.3) is 0 Å². The zero-order valence-corrected chi connectivity index (χ0v) is 16.0. The molecule has 1 aliphatic heterocycles. The Morgan fingerprint density at radius 1 is 1.14 bits per heavy atom. The molecule has 29 heavy (non-hydrogen) atoms. The molecule has 0 spiro atoms. The summed E-state index contributed by atoms with van der Waals surface area (Å²) in [5.74, 6) is -0.803. The van der Waals surface area contributed by atoms with Gasteiger partial charge in [0.05, 0.1) is 28.8 Å². The Labute approximate surface area is 169 Å². The highest BCUT2D eigenvalue weighted by molar-refractivity contribution is 6.33. The summed E-state index contributed by atoms with van der Waals surface area (Å²) in [6, 6.07) is 2.24. The minimum absolute atomic E-state index is 0.111. The van der Waals surface area contributed by atoms with Crippen LogP contribution in [0, 0.1) is 0 Å². The molecule has 1 fully saturated rings. The molecule has 0 atom stereocenters. The van der Waals surface area contributed by atoms with E-state index in [1.807, 2.05) is 0 Å². The Hall–Kier alpha value is -2.88. The first-order chi connectivity index (χ1) is 13.7. The summed E-state index contributed by atoms with van der Waals surface area (Å²) in [5.41, 5.74) is -0.687. The van der Waals surface area contributed by atoms with Gasteiger partial charge in [0.1, 0.15) is 5.82 Å². The standard InChI is InChI=1S/C18H16ClF3N4O3/c1-29-17(28)12-2-3-23-10-13(12)16(27)26-6-4-25(5-7-26)15-14(19)8-11(9-24-15)18(20,21)22/h2-3,8-10H,4-7H2,1H3. The van der Waals surface area contributed by atoms with Crippen molar-refractivity contribution in [2.45, 2.75) is 6.18 Å². The molecule has 2 aromatic rings. The number of ether oxygens (including phenoxy) is 1. The number of piperazine rings is 1. The summed E-state index contributed by atoms with van der Waals surface area (Å²) in [6.07, 6.45) is -1.10. The number of carbonyl (C=O) groups is 2. The molecule has 0 radical (unpaired) electrons. The molecule has 0 aromatic carbocycles. The van der Waals surface area contributed by atoms with E-state index in [0.717, 1.165) is 12.3 Å². The van der Waals surface area contributed by atoms with Crippen LogP contribution in [0.5, 0.6) is 0 Å². The van der Waals surface area contributed by atoms with E-state index in [4.69, 9.17) is 11.6 Å². The van der Waals surface area contributed by atoms with E-state index < -0.39 is 17.7 Å². The van der Waals surface area contributed by atoms with Gasteiger partial charge in [-0.3, -0.25) is 9.78 Å². The molecule has 0 unspecified atom stereocenters. The van der Waals surface area contributed by atoms with E-state index in [9.17, 15) is 22.8 Å². The Morgan fingerprint density at radius 2 is 1.83 bits per heavy atom. The smallest absolute Gasteiger partial charge is 0.417 e. The van der Waals surface area contributed by atoms with Crippen LogP contribution in [0.1, 0.15) is 26.3 Å².